The maximum atomic E-state index is 11.2. The van der Waals surface area contributed by atoms with Gasteiger partial charge in [0.25, 0.3) is 0 Å². The van der Waals surface area contributed by atoms with Gasteiger partial charge in [0, 0.05) is 0 Å². The van der Waals surface area contributed by atoms with E-state index in [1.165, 1.54) is 13.2 Å². The minimum Gasteiger partial charge on any atom is -0.466 e. The molecular formula is C9H10O5. The third-order valence-corrected chi connectivity index (χ3v) is 1.72. The highest BCUT2D eigenvalue weighted by Gasteiger charge is 2.30. The van der Waals surface area contributed by atoms with Crippen LogP contribution in [0.1, 0.15) is 0 Å². The zero-order valence-electron chi connectivity index (χ0n) is 7.60. The lowest BCUT2D eigenvalue weighted by atomic mass is 10.1. The fraction of sp³-hybridized carbons (Fsp3) is 0.333. The number of hydrogen-bond donors (Lipinski definition) is 1. The Morgan fingerprint density at radius 3 is 2.93 bits per heavy atom. The molecule has 0 spiro atoms. The van der Waals surface area contributed by atoms with Crippen molar-refractivity contribution >= 4 is 11.8 Å². The molecule has 76 valence electrons. The molecule has 0 fully saturated rings. The lowest BCUT2D eigenvalue weighted by Crippen LogP contribution is -2.35. The van der Waals surface area contributed by atoms with Crippen molar-refractivity contribution in [3.05, 3.63) is 24.3 Å². The van der Waals surface area contributed by atoms with E-state index in [1.807, 2.05) is 0 Å². The van der Waals surface area contributed by atoms with E-state index in [-0.39, 0.29) is 5.57 Å². The molecule has 1 N–H and O–H groups in total. The zero-order valence-corrected chi connectivity index (χ0v) is 7.60. The number of ether oxygens (including phenoxy) is 2. The molecule has 5 nitrogen and oxygen atoms in total. The number of carbonyl (C=O) groups excluding carboxylic acids is 2. The van der Waals surface area contributed by atoms with E-state index in [0.29, 0.717) is 0 Å². The lowest BCUT2D eigenvalue weighted by molar-refractivity contribution is -0.150. The van der Waals surface area contributed by atoms with Crippen LogP contribution in [0.2, 0.25) is 0 Å². The molecule has 0 unspecified atom stereocenters. The van der Waals surface area contributed by atoms with Crippen molar-refractivity contribution in [2.45, 2.75) is 12.4 Å². The average molecular weight is 198 g/mol. The van der Waals surface area contributed by atoms with Crippen molar-refractivity contribution < 1.29 is 24.2 Å². The first-order valence-electron chi connectivity index (χ1n) is 3.89. The van der Waals surface area contributed by atoms with E-state index in [9.17, 15) is 9.59 Å². The van der Waals surface area contributed by atoms with Gasteiger partial charge in [-0.1, -0.05) is 6.58 Å². The van der Waals surface area contributed by atoms with Crippen LogP contribution >= 0.6 is 0 Å². The Labute approximate surface area is 80.6 Å². The molecule has 5 heteroatoms. The van der Waals surface area contributed by atoms with Crippen molar-refractivity contribution in [1.29, 1.82) is 0 Å². The molecule has 1 aliphatic rings. The molecule has 0 aromatic heterocycles. The van der Waals surface area contributed by atoms with Gasteiger partial charge in [-0.15, -0.1) is 0 Å². The fourth-order valence-electron chi connectivity index (χ4n) is 1.01. The highest BCUT2D eigenvalue weighted by molar-refractivity contribution is 6.04. The summed E-state index contributed by atoms with van der Waals surface area (Å²) in [4.78, 5) is 22.2. The van der Waals surface area contributed by atoms with Gasteiger partial charge in [0.15, 0.2) is 18.2 Å². The highest BCUT2D eigenvalue weighted by Crippen LogP contribution is 2.15. The number of ketones is 1. The van der Waals surface area contributed by atoms with Crippen molar-refractivity contribution in [1.82, 2.24) is 0 Å². The van der Waals surface area contributed by atoms with Gasteiger partial charge < -0.3 is 14.6 Å². The van der Waals surface area contributed by atoms with E-state index >= 15 is 0 Å². The monoisotopic (exact) mass is 198 g/mol. The highest BCUT2D eigenvalue weighted by atomic mass is 16.6. The number of rotatable bonds is 2. The maximum Gasteiger partial charge on any atom is 0.336 e. The first-order valence-corrected chi connectivity index (χ1v) is 3.89. The molecule has 0 amide bonds. The molecule has 0 saturated heterocycles. The van der Waals surface area contributed by atoms with Gasteiger partial charge in [-0.3, -0.25) is 4.79 Å². The van der Waals surface area contributed by atoms with Crippen LogP contribution in [0.3, 0.4) is 0 Å². The Bertz CT molecular complexity index is 304. The molecular weight excluding hydrogens is 188 g/mol. The largest absolute Gasteiger partial charge is 0.466 e. The zero-order chi connectivity index (χ0) is 10.7. The molecule has 0 bridgehead atoms. The summed E-state index contributed by atoms with van der Waals surface area (Å²) in [6.07, 6.45) is -0.0161. The summed E-state index contributed by atoms with van der Waals surface area (Å²) < 4.78 is 9.17. The smallest absolute Gasteiger partial charge is 0.336 e. The second-order valence-corrected chi connectivity index (χ2v) is 2.68. The summed E-state index contributed by atoms with van der Waals surface area (Å²) in [5.74, 6) is -1.17. The van der Waals surface area contributed by atoms with E-state index in [0.717, 1.165) is 6.08 Å². The minimum absolute atomic E-state index is 0.124. The minimum atomic E-state index is -1.20. The van der Waals surface area contributed by atoms with E-state index in [1.54, 1.807) is 0 Å². The van der Waals surface area contributed by atoms with Gasteiger partial charge in [-0.2, -0.15) is 0 Å². The Morgan fingerprint density at radius 2 is 2.36 bits per heavy atom. The predicted octanol–water partition coefficient (Wildman–Crippen LogP) is -0.442. The lowest BCUT2D eigenvalue weighted by Gasteiger charge is -2.21. The van der Waals surface area contributed by atoms with E-state index in [2.05, 4.69) is 11.3 Å². The number of aliphatic hydroxyl groups excluding tert-OH is 1. The predicted molar refractivity (Wildman–Crippen MR) is 46.2 cm³/mol. The maximum absolute atomic E-state index is 11.2. The molecule has 0 saturated carbocycles. The topological polar surface area (TPSA) is 72.8 Å². The first-order chi connectivity index (χ1) is 6.56. The second-order valence-electron chi connectivity index (χ2n) is 2.68. The van der Waals surface area contributed by atoms with Gasteiger partial charge in [0.1, 0.15) is 0 Å². The van der Waals surface area contributed by atoms with Crippen LogP contribution in [0.5, 0.6) is 0 Å². The Hall–Kier alpha value is -1.46. The van der Waals surface area contributed by atoms with Crippen LogP contribution in [-0.4, -0.2) is 36.4 Å². The van der Waals surface area contributed by atoms with Crippen LogP contribution < -0.4 is 0 Å². The fourth-order valence-corrected chi connectivity index (χ4v) is 1.01. The number of hydrogen-bond acceptors (Lipinski definition) is 5. The van der Waals surface area contributed by atoms with Gasteiger partial charge in [0.05, 0.1) is 12.7 Å². The number of aliphatic hydroxyl groups is 1. The van der Waals surface area contributed by atoms with Crippen LogP contribution in [0.15, 0.2) is 24.3 Å². The van der Waals surface area contributed by atoms with Gasteiger partial charge in [-0.05, 0) is 12.2 Å². The van der Waals surface area contributed by atoms with E-state index in [4.69, 9.17) is 9.84 Å². The molecule has 0 aromatic carbocycles. The van der Waals surface area contributed by atoms with E-state index < -0.39 is 24.1 Å². The van der Waals surface area contributed by atoms with Crippen LogP contribution in [0, 0.1) is 0 Å². The number of methoxy groups -OCH3 is 1. The Kier molecular flexibility index (Phi) is 3.16. The molecule has 1 aliphatic heterocycles. The third-order valence-electron chi connectivity index (χ3n) is 1.72. The van der Waals surface area contributed by atoms with Gasteiger partial charge in [-0.25, -0.2) is 4.79 Å². The normalized spacial score (nSPS) is 26.0. The summed E-state index contributed by atoms with van der Waals surface area (Å²) in [5.41, 5.74) is -0.124. The summed E-state index contributed by atoms with van der Waals surface area (Å²) in [6, 6.07) is 0. The van der Waals surface area contributed by atoms with Crippen molar-refractivity contribution in [2.75, 3.05) is 7.11 Å². The van der Waals surface area contributed by atoms with Gasteiger partial charge in [0.2, 0.25) is 0 Å². The first kappa shape index (κ1) is 10.6. The molecule has 1 rings (SSSR count). The van der Waals surface area contributed by atoms with Crippen molar-refractivity contribution in [3.8, 4) is 0 Å². The third kappa shape index (κ3) is 2.07. The van der Waals surface area contributed by atoms with Gasteiger partial charge >= 0.3 is 5.97 Å². The number of esters is 1. The van der Waals surface area contributed by atoms with Crippen molar-refractivity contribution in [2.24, 2.45) is 0 Å². The summed E-state index contributed by atoms with van der Waals surface area (Å²) in [6.45, 7) is 3.37. The summed E-state index contributed by atoms with van der Waals surface area (Å²) in [7, 11) is 1.17. The Balaban J connectivity index is 2.78. The molecule has 1 heterocycles. The average Bonchev–Trinajstić information content (AvgIpc) is 2.19. The SMILES string of the molecule is C=C(C(=O)OC)[C@@H]1O[C@@H](O)C=CC1=O. The van der Waals surface area contributed by atoms with Crippen LogP contribution in [0.4, 0.5) is 0 Å². The quantitative estimate of drug-likeness (QED) is 0.481. The standard InChI is InChI=1S/C9H10O5/c1-5(9(12)13-2)8-6(10)3-4-7(11)14-8/h3-4,7-8,11H,1H2,2H3/t7-,8+/m1/s1. The number of carbonyl (C=O) groups is 2. The van der Waals surface area contributed by atoms with Crippen molar-refractivity contribution in [3.63, 3.8) is 0 Å². The molecule has 14 heavy (non-hydrogen) atoms. The summed E-state index contributed by atoms with van der Waals surface area (Å²) in [5, 5.41) is 9.05. The van der Waals surface area contributed by atoms with Crippen LogP contribution in [-0.2, 0) is 19.1 Å². The molecule has 2 atom stereocenters. The molecule has 0 aromatic rings. The summed E-state index contributed by atoms with van der Waals surface area (Å²) >= 11 is 0. The molecule has 0 radical (unpaired) electrons. The molecule has 0 aliphatic carbocycles. The van der Waals surface area contributed by atoms with Crippen LogP contribution in [0.25, 0.3) is 0 Å². The Morgan fingerprint density at radius 1 is 1.71 bits per heavy atom. The second kappa shape index (κ2) is 4.17.